The normalized spacial score (nSPS) is 13.9. The van der Waals surface area contributed by atoms with Crippen molar-refractivity contribution in [3.63, 3.8) is 0 Å². The van der Waals surface area contributed by atoms with Gasteiger partial charge in [-0.1, -0.05) is 42.5 Å². The fourth-order valence-electron chi connectivity index (χ4n) is 3.97. The predicted octanol–water partition coefficient (Wildman–Crippen LogP) is 4.76. The smallest absolute Gasteiger partial charge is 0.227 e. The first-order chi connectivity index (χ1) is 15.8. The van der Waals surface area contributed by atoms with Gasteiger partial charge in [-0.25, -0.2) is 4.98 Å². The van der Waals surface area contributed by atoms with Crippen LogP contribution in [-0.4, -0.2) is 47.0 Å². The molecule has 3 heterocycles. The molecule has 4 aromatic rings. The van der Waals surface area contributed by atoms with Gasteiger partial charge in [-0.2, -0.15) is 0 Å². The lowest BCUT2D eigenvalue weighted by atomic mass is 10.1. The van der Waals surface area contributed by atoms with Gasteiger partial charge in [0.2, 0.25) is 5.91 Å². The molecule has 6 heteroatoms. The molecule has 32 heavy (non-hydrogen) atoms. The average molecular weight is 441 g/mol. The highest BCUT2D eigenvalue weighted by molar-refractivity contribution is 7.13. The molecule has 0 unspecified atom stereocenters. The number of nitrogens with zero attached hydrogens (tertiary/aromatic N) is 4. The van der Waals surface area contributed by atoms with E-state index in [9.17, 15) is 4.79 Å². The zero-order chi connectivity index (χ0) is 21.8. The molecule has 0 N–H and O–H groups in total. The lowest BCUT2D eigenvalue weighted by molar-refractivity contribution is -0.130. The van der Waals surface area contributed by atoms with Gasteiger partial charge in [0.1, 0.15) is 5.01 Å². The van der Waals surface area contributed by atoms with Crippen LogP contribution in [0.3, 0.4) is 0 Å². The van der Waals surface area contributed by atoms with E-state index in [-0.39, 0.29) is 5.91 Å². The molecule has 0 aliphatic carbocycles. The largest absolute Gasteiger partial charge is 0.368 e. The minimum atomic E-state index is 0.194. The van der Waals surface area contributed by atoms with Gasteiger partial charge < -0.3 is 9.80 Å². The fraction of sp³-hybridized carbons (Fsp3) is 0.192. The number of rotatable bonds is 5. The van der Waals surface area contributed by atoms with Crippen molar-refractivity contribution in [3.05, 3.63) is 90.1 Å². The highest BCUT2D eigenvalue weighted by atomic mass is 32.1. The lowest BCUT2D eigenvalue weighted by Crippen LogP contribution is -2.49. The summed E-state index contributed by atoms with van der Waals surface area (Å²) < 4.78 is 0. The molecule has 1 saturated heterocycles. The molecule has 0 atom stereocenters. The Hall–Kier alpha value is -3.51. The second-order valence-corrected chi connectivity index (χ2v) is 8.71. The number of hydrogen-bond donors (Lipinski definition) is 0. The van der Waals surface area contributed by atoms with E-state index in [1.54, 1.807) is 23.7 Å². The summed E-state index contributed by atoms with van der Waals surface area (Å²) >= 11 is 1.63. The van der Waals surface area contributed by atoms with Gasteiger partial charge in [0, 0.05) is 60.8 Å². The summed E-state index contributed by atoms with van der Waals surface area (Å²) in [6.07, 6.45) is 4.00. The third-order valence-electron chi connectivity index (χ3n) is 5.79. The fourth-order valence-corrected chi connectivity index (χ4v) is 4.80. The van der Waals surface area contributed by atoms with Gasteiger partial charge >= 0.3 is 0 Å². The molecule has 1 fully saturated rings. The second kappa shape index (κ2) is 9.32. The molecule has 5 nitrogen and oxygen atoms in total. The van der Waals surface area contributed by atoms with E-state index < -0.39 is 0 Å². The summed E-state index contributed by atoms with van der Waals surface area (Å²) in [4.78, 5) is 26.0. The minimum Gasteiger partial charge on any atom is -0.368 e. The Kier molecular flexibility index (Phi) is 5.94. The third kappa shape index (κ3) is 4.55. The first kappa shape index (κ1) is 20.4. The van der Waals surface area contributed by atoms with Crippen molar-refractivity contribution >= 4 is 22.9 Å². The van der Waals surface area contributed by atoms with E-state index >= 15 is 0 Å². The zero-order valence-electron chi connectivity index (χ0n) is 17.7. The van der Waals surface area contributed by atoms with Crippen molar-refractivity contribution in [2.24, 2.45) is 0 Å². The van der Waals surface area contributed by atoms with Crippen LogP contribution in [-0.2, 0) is 11.2 Å². The van der Waals surface area contributed by atoms with Crippen molar-refractivity contribution in [3.8, 4) is 21.8 Å². The van der Waals surface area contributed by atoms with E-state index in [2.05, 4.69) is 51.7 Å². The quantitative estimate of drug-likeness (QED) is 0.449. The Morgan fingerprint density at radius 1 is 0.844 bits per heavy atom. The van der Waals surface area contributed by atoms with Crippen molar-refractivity contribution < 1.29 is 4.79 Å². The second-order valence-electron chi connectivity index (χ2n) is 7.85. The molecule has 1 amide bonds. The number of benzene rings is 2. The third-order valence-corrected chi connectivity index (χ3v) is 6.68. The van der Waals surface area contributed by atoms with Crippen molar-refractivity contribution in [1.82, 2.24) is 14.9 Å². The standard InChI is InChI=1S/C26H24N4OS/c31-25(30-16-14-29(15-17-30)23-4-2-1-3-5-23)18-20-6-8-21(9-7-20)24-19-32-26(28-24)22-10-12-27-13-11-22/h1-13,19H,14-18H2. The van der Waals surface area contributed by atoms with E-state index in [0.717, 1.165) is 53.6 Å². The monoisotopic (exact) mass is 440 g/mol. The number of amides is 1. The first-order valence-corrected chi connectivity index (χ1v) is 11.7. The summed E-state index contributed by atoms with van der Waals surface area (Å²) in [7, 11) is 0. The molecule has 2 aromatic carbocycles. The maximum atomic E-state index is 12.8. The number of aromatic nitrogens is 2. The van der Waals surface area contributed by atoms with Gasteiger partial charge in [-0.3, -0.25) is 9.78 Å². The van der Waals surface area contributed by atoms with Crippen LogP contribution in [0.5, 0.6) is 0 Å². The van der Waals surface area contributed by atoms with Crippen LogP contribution in [0.1, 0.15) is 5.56 Å². The first-order valence-electron chi connectivity index (χ1n) is 10.8. The summed E-state index contributed by atoms with van der Waals surface area (Å²) in [5.41, 5.74) is 5.36. The lowest BCUT2D eigenvalue weighted by Gasteiger charge is -2.36. The molecular weight excluding hydrogens is 416 g/mol. The maximum Gasteiger partial charge on any atom is 0.227 e. The van der Waals surface area contributed by atoms with E-state index in [0.29, 0.717) is 6.42 Å². The van der Waals surface area contributed by atoms with Crippen LogP contribution in [0, 0.1) is 0 Å². The molecule has 0 radical (unpaired) electrons. The topological polar surface area (TPSA) is 49.3 Å². The summed E-state index contributed by atoms with van der Waals surface area (Å²) in [5.74, 6) is 0.194. The van der Waals surface area contributed by atoms with Crippen LogP contribution in [0.4, 0.5) is 5.69 Å². The number of hydrogen-bond acceptors (Lipinski definition) is 5. The molecule has 1 aliphatic heterocycles. The van der Waals surface area contributed by atoms with Crippen molar-refractivity contribution in [2.45, 2.75) is 6.42 Å². The van der Waals surface area contributed by atoms with Crippen LogP contribution in [0.15, 0.2) is 84.5 Å². The SMILES string of the molecule is O=C(Cc1ccc(-c2csc(-c3ccncc3)n2)cc1)N1CCN(c2ccccc2)CC1. The summed E-state index contributed by atoms with van der Waals surface area (Å²) in [5, 5.41) is 3.05. The van der Waals surface area contributed by atoms with Gasteiger partial charge in [0.15, 0.2) is 0 Å². The van der Waals surface area contributed by atoms with Crippen LogP contribution < -0.4 is 4.90 Å². The minimum absolute atomic E-state index is 0.194. The van der Waals surface area contributed by atoms with E-state index in [4.69, 9.17) is 4.98 Å². The molecule has 160 valence electrons. The predicted molar refractivity (Wildman–Crippen MR) is 130 cm³/mol. The highest BCUT2D eigenvalue weighted by Gasteiger charge is 2.21. The number of carbonyl (C=O) groups is 1. The maximum absolute atomic E-state index is 12.8. The van der Waals surface area contributed by atoms with Gasteiger partial charge in [-0.05, 0) is 29.8 Å². The van der Waals surface area contributed by atoms with Gasteiger partial charge in [-0.15, -0.1) is 11.3 Å². The van der Waals surface area contributed by atoms with Crippen molar-refractivity contribution in [1.29, 1.82) is 0 Å². The number of carbonyl (C=O) groups excluding carboxylic acids is 1. The number of para-hydroxylation sites is 1. The molecular formula is C26H24N4OS. The Morgan fingerprint density at radius 3 is 2.28 bits per heavy atom. The summed E-state index contributed by atoms with van der Waals surface area (Å²) in [6, 6.07) is 22.5. The van der Waals surface area contributed by atoms with Crippen LogP contribution >= 0.6 is 11.3 Å². The van der Waals surface area contributed by atoms with E-state index in [1.807, 2.05) is 35.2 Å². The number of pyridine rings is 1. The Labute approximate surface area is 192 Å². The highest BCUT2D eigenvalue weighted by Crippen LogP contribution is 2.28. The molecule has 5 rings (SSSR count). The van der Waals surface area contributed by atoms with Gasteiger partial charge in [0.25, 0.3) is 0 Å². The molecule has 1 aliphatic rings. The summed E-state index contributed by atoms with van der Waals surface area (Å²) in [6.45, 7) is 3.28. The zero-order valence-corrected chi connectivity index (χ0v) is 18.5. The van der Waals surface area contributed by atoms with Crippen molar-refractivity contribution in [2.75, 3.05) is 31.1 Å². The molecule has 0 saturated carbocycles. The van der Waals surface area contributed by atoms with Gasteiger partial charge in [0.05, 0.1) is 12.1 Å². The van der Waals surface area contributed by atoms with Crippen LogP contribution in [0.25, 0.3) is 21.8 Å². The number of thiazole rings is 1. The van der Waals surface area contributed by atoms with Crippen LogP contribution in [0.2, 0.25) is 0 Å². The molecule has 2 aromatic heterocycles. The van der Waals surface area contributed by atoms with E-state index in [1.165, 1.54) is 5.69 Å². The Morgan fingerprint density at radius 2 is 1.56 bits per heavy atom. The average Bonchev–Trinajstić information content (AvgIpc) is 3.36. The number of piperazine rings is 1. The Bertz CT molecular complexity index is 1170. The Balaban J connectivity index is 1.18. The number of anilines is 1. The molecule has 0 bridgehead atoms. The molecule has 0 spiro atoms.